The van der Waals surface area contributed by atoms with Gasteiger partial charge in [-0.15, -0.1) is 0 Å². The number of anilines is 1. The van der Waals surface area contributed by atoms with Crippen LogP contribution in [0.5, 0.6) is 0 Å². The second kappa shape index (κ2) is 11.9. The molecule has 0 amide bonds. The number of aryl methyl sites for hydroxylation is 2. The van der Waals surface area contributed by atoms with E-state index in [4.69, 9.17) is 11.6 Å². The molecular weight excluding hydrogens is 569 g/mol. The number of allylic oxidation sites excluding steroid dienone is 1. The molecule has 0 aliphatic heterocycles. The molecule has 0 atom stereocenters. The third-order valence-corrected chi connectivity index (χ3v) is 11.9. The zero-order valence-electron chi connectivity index (χ0n) is 27.5. The SMILES string of the molecule is C=C(C1CCCCC1)N(CC12CCC(c3ccc(CC)c(C)c3)(CC1)CC2)c1cc(-c2cnn(C(C)(C)C(F)(F)F)c2)ccn1. The van der Waals surface area contributed by atoms with Crippen molar-refractivity contribution in [3.8, 4) is 11.1 Å². The van der Waals surface area contributed by atoms with Crippen LogP contribution in [0, 0.1) is 18.3 Å². The van der Waals surface area contributed by atoms with Gasteiger partial charge in [-0.05, 0) is 130 Å². The van der Waals surface area contributed by atoms with Crippen molar-refractivity contribution in [2.24, 2.45) is 11.3 Å². The van der Waals surface area contributed by atoms with Gasteiger partial charge in [0, 0.05) is 30.2 Å². The molecule has 7 heteroatoms. The van der Waals surface area contributed by atoms with E-state index < -0.39 is 11.7 Å². The molecule has 4 saturated carbocycles. The van der Waals surface area contributed by atoms with Gasteiger partial charge >= 0.3 is 6.18 Å². The average Bonchev–Trinajstić information content (AvgIpc) is 3.56. The Balaban J connectivity index is 1.27. The molecule has 2 heterocycles. The summed E-state index contributed by atoms with van der Waals surface area (Å²) >= 11 is 0. The zero-order chi connectivity index (χ0) is 32.0. The van der Waals surface area contributed by atoms with Crippen LogP contribution in [0.15, 0.2) is 61.2 Å². The smallest absolute Gasteiger partial charge is 0.330 e. The molecule has 4 aliphatic carbocycles. The number of benzene rings is 1. The standard InChI is InChI=1S/C38H49F3N4/c1-6-29-12-13-33(22-27(29)2)37-18-15-36(16-19-37,17-20-37)26-44(28(3)30-10-8-7-9-11-30)34-23-31(14-21-42-34)32-24-43-45(25-32)35(4,5)38(39,40)41/h12-14,21-25,30H,3,6-11,15-20,26H2,1-2,4-5H3. The number of hydrogen-bond donors (Lipinski definition) is 0. The molecule has 7 rings (SSSR count). The molecule has 0 radical (unpaired) electrons. The minimum atomic E-state index is -4.41. The maximum Gasteiger partial charge on any atom is 0.413 e. The van der Waals surface area contributed by atoms with Crippen molar-refractivity contribution in [1.82, 2.24) is 14.8 Å². The maximum atomic E-state index is 13.7. The van der Waals surface area contributed by atoms with Crippen molar-refractivity contribution in [2.75, 3.05) is 11.4 Å². The lowest BCUT2D eigenvalue weighted by Crippen LogP contribution is -2.49. The topological polar surface area (TPSA) is 34.0 Å². The summed E-state index contributed by atoms with van der Waals surface area (Å²) in [6, 6.07) is 11.1. The van der Waals surface area contributed by atoms with Crippen molar-refractivity contribution in [3.63, 3.8) is 0 Å². The third-order valence-electron chi connectivity index (χ3n) is 11.9. The van der Waals surface area contributed by atoms with Crippen LogP contribution in [0.4, 0.5) is 19.0 Å². The average molecular weight is 619 g/mol. The number of nitrogens with zero attached hydrogens (tertiary/aromatic N) is 4. The van der Waals surface area contributed by atoms with Gasteiger partial charge in [-0.1, -0.05) is 51.0 Å². The van der Waals surface area contributed by atoms with Crippen LogP contribution in [0.3, 0.4) is 0 Å². The van der Waals surface area contributed by atoms with E-state index in [9.17, 15) is 13.2 Å². The summed E-state index contributed by atoms with van der Waals surface area (Å²) in [6.45, 7) is 12.4. The van der Waals surface area contributed by atoms with Crippen LogP contribution >= 0.6 is 0 Å². The van der Waals surface area contributed by atoms with Crippen LogP contribution < -0.4 is 4.90 Å². The molecule has 1 aromatic carbocycles. The number of hydrogen-bond acceptors (Lipinski definition) is 3. The molecule has 0 saturated heterocycles. The summed E-state index contributed by atoms with van der Waals surface area (Å²) in [5, 5.41) is 4.13. The van der Waals surface area contributed by atoms with Gasteiger partial charge in [0.25, 0.3) is 0 Å². The van der Waals surface area contributed by atoms with E-state index in [0.29, 0.717) is 11.5 Å². The highest BCUT2D eigenvalue weighted by Crippen LogP contribution is 2.58. The van der Waals surface area contributed by atoms with Gasteiger partial charge in [-0.2, -0.15) is 18.3 Å². The van der Waals surface area contributed by atoms with Crippen LogP contribution in [0.25, 0.3) is 11.1 Å². The fourth-order valence-electron chi connectivity index (χ4n) is 8.33. The second-order valence-electron chi connectivity index (χ2n) is 14.8. The van der Waals surface area contributed by atoms with E-state index >= 15 is 0 Å². The predicted octanol–water partition coefficient (Wildman–Crippen LogP) is 10.3. The van der Waals surface area contributed by atoms with E-state index in [1.54, 1.807) is 6.20 Å². The molecule has 45 heavy (non-hydrogen) atoms. The third kappa shape index (κ3) is 5.96. The number of fused-ring (bicyclic) bond motifs is 3. The lowest BCUT2D eigenvalue weighted by atomic mass is 9.51. The lowest BCUT2D eigenvalue weighted by Gasteiger charge is -2.55. The highest BCUT2D eigenvalue weighted by Gasteiger charge is 2.51. The Morgan fingerprint density at radius 2 is 1.67 bits per heavy atom. The Kier molecular flexibility index (Phi) is 8.45. The van der Waals surface area contributed by atoms with Crippen molar-refractivity contribution >= 4 is 5.82 Å². The summed E-state index contributed by atoms with van der Waals surface area (Å²) in [5.41, 5.74) is 5.40. The van der Waals surface area contributed by atoms with E-state index in [0.717, 1.165) is 61.4 Å². The molecule has 4 nitrogen and oxygen atoms in total. The van der Waals surface area contributed by atoms with Crippen LogP contribution in [-0.4, -0.2) is 27.5 Å². The second-order valence-corrected chi connectivity index (χ2v) is 14.8. The molecule has 0 spiro atoms. The highest BCUT2D eigenvalue weighted by atomic mass is 19.4. The van der Waals surface area contributed by atoms with E-state index in [2.05, 4.69) is 42.0 Å². The Bertz CT molecular complexity index is 1500. The fraction of sp³-hybridized carbons (Fsp3) is 0.579. The fourth-order valence-corrected chi connectivity index (χ4v) is 8.33. The van der Waals surface area contributed by atoms with Crippen molar-refractivity contribution in [2.45, 2.75) is 122 Å². The number of alkyl halides is 3. The van der Waals surface area contributed by atoms with Gasteiger partial charge in [-0.3, -0.25) is 4.68 Å². The molecule has 2 aromatic heterocycles. The molecule has 0 N–H and O–H groups in total. The van der Waals surface area contributed by atoms with Gasteiger partial charge < -0.3 is 4.90 Å². The quantitative estimate of drug-likeness (QED) is 0.239. The Hall–Kier alpha value is -3.09. The maximum absolute atomic E-state index is 13.7. The van der Waals surface area contributed by atoms with Gasteiger partial charge in [0.2, 0.25) is 0 Å². The molecule has 4 fully saturated rings. The van der Waals surface area contributed by atoms with Gasteiger partial charge in [0.05, 0.1) is 6.20 Å². The number of pyridine rings is 1. The van der Waals surface area contributed by atoms with E-state index in [1.165, 1.54) is 86.9 Å². The summed E-state index contributed by atoms with van der Waals surface area (Å²) < 4.78 is 42.3. The first-order valence-electron chi connectivity index (χ1n) is 17.0. The molecule has 3 aromatic rings. The molecule has 0 unspecified atom stereocenters. The minimum Gasteiger partial charge on any atom is -0.330 e. The monoisotopic (exact) mass is 618 g/mol. The molecule has 242 valence electrons. The number of halogens is 3. The lowest BCUT2D eigenvalue weighted by molar-refractivity contribution is -0.205. The Morgan fingerprint density at radius 1 is 0.978 bits per heavy atom. The molecule has 4 aliphatic rings. The highest BCUT2D eigenvalue weighted by molar-refractivity contribution is 5.66. The molecular formula is C38H49F3N4. The van der Waals surface area contributed by atoms with E-state index in [1.807, 2.05) is 12.1 Å². The predicted molar refractivity (Wildman–Crippen MR) is 176 cm³/mol. The first-order valence-corrected chi connectivity index (χ1v) is 17.0. The van der Waals surface area contributed by atoms with Gasteiger partial charge in [0.15, 0.2) is 5.54 Å². The Labute approximate surface area is 267 Å². The van der Waals surface area contributed by atoms with Gasteiger partial charge in [0.1, 0.15) is 5.82 Å². The van der Waals surface area contributed by atoms with Crippen molar-refractivity contribution in [1.29, 1.82) is 0 Å². The van der Waals surface area contributed by atoms with Crippen LogP contribution in [-0.2, 0) is 17.4 Å². The number of aromatic nitrogens is 3. The van der Waals surface area contributed by atoms with E-state index in [-0.39, 0.29) is 10.8 Å². The summed E-state index contributed by atoms with van der Waals surface area (Å²) in [5.74, 6) is 1.27. The number of rotatable bonds is 9. The van der Waals surface area contributed by atoms with Crippen molar-refractivity contribution in [3.05, 3.63) is 77.9 Å². The normalized spacial score (nSPS) is 24.2. The van der Waals surface area contributed by atoms with Crippen LogP contribution in [0.2, 0.25) is 0 Å². The van der Waals surface area contributed by atoms with Crippen LogP contribution in [0.1, 0.15) is 108 Å². The zero-order valence-corrected chi connectivity index (χ0v) is 27.5. The first kappa shape index (κ1) is 31.9. The Morgan fingerprint density at radius 3 is 2.29 bits per heavy atom. The van der Waals surface area contributed by atoms with Gasteiger partial charge in [-0.25, -0.2) is 4.98 Å². The minimum absolute atomic E-state index is 0.205. The summed E-state index contributed by atoms with van der Waals surface area (Å²) in [6.07, 6.45) is 14.7. The summed E-state index contributed by atoms with van der Waals surface area (Å²) in [4.78, 5) is 7.26. The van der Waals surface area contributed by atoms with Crippen molar-refractivity contribution < 1.29 is 13.2 Å². The summed E-state index contributed by atoms with van der Waals surface area (Å²) in [7, 11) is 0. The largest absolute Gasteiger partial charge is 0.413 e. The first-order chi connectivity index (χ1) is 21.4. The molecule has 2 bridgehead atoms.